The molecule has 2 N–H and O–H groups in total. The molecule has 1 rings (SSSR count). The van der Waals surface area contributed by atoms with Crippen LogP contribution < -0.4 is 5.32 Å². The zero-order valence-corrected chi connectivity index (χ0v) is 7.58. The Morgan fingerprint density at radius 3 is 2.77 bits per heavy atom. The van der Waals surface area contributed by atoms with Gasteiger partial charge in [0.2, 0.25) is 0 Å². The highest BCUT2D eigenvalue weighted by molar-refractivity contribution is 5.64. The molecule has 0 aromatic heterocycles. The van der Waals surface area contributed by atoms with Crippen LogP contribution >= 0.6 is 0 Å². The first-order chi connectivity index (χ1) is 6.22. The molecule has 0 radical (unpaired) electrons. The Hall–Kier alpha value is -1.51. The van der Waals surface area contributed by atoms with Gasteiger partial charge in [-0.15, -0.1) is 0 Å². The van der Waals surface area contributed by atoms with Gasteiger partial charge in [0.05, 0.1) is 0 Å². The molecule has 0 saturated heterocycles. The number of hydrogen-bond acceptors (Lipinski definition) is 1. The van der Waals surface area contributed by atoms with E-state index >= 15 is 0 Å². The fourth-order valence-corrected chi connectivity index (χ4v) is 1.14. The van der Waals surface area contributed by atoms with Crippen LogP contribution in [0.5, 0.6) is 0 Å². The van der Waals surface area contributed by atoms with Gasteiger partial charge in [-0.3, -0.25) is 0 Å². The third kappa shape index (κ3) is 3.15. The highest BCUT2D eigenvalue weighted by Crippen LogP contribution is 2.05. The van der Waals surface area contributed by atoms with E-state index in [4.69, 9.17) is 5.11 Å². The molecular formula is C10H13NO2. The minimum atomic E-state index is -0.984. The quantitative estimate of drug-likeness (QED) is 0.745. The smallest absolute Gasteiger partial charge is 0.404 e. The van der Waals surface area contributed by atoms with Crippen LogP contribution in [0.15, 0.2) is 24.3 Å². The van der Waals surface area contributed by atoms with Crippen LogP contribution in [-0.2, 0) is 13.0 Å². The van der Waals surface area contributed by atoms with E-state index < -0.39 is 6.09 Å². The Morgan fingerprint density at radius 2 is 2.15 bits per heavy atom. The van der Waals surface area contributed by atoms with Gasteiger partial charge in [0.25, 0.3) is 0 Å². The zero-order valence-electron chi connectivity index (χ0n) is 7.58. The lowest BCUT2D eigenvalue weighted by Gasteiger charge is -2.03. The lowest BCUT2D eigenvalue weighted by Crippen LogP contribution is -2.19. The summed E-state index contributed by atoms with van der Waals surface area (Å²) in [5.74, 6) is 0. The zero-order chi connectivity index (χ0) is 9.68. The molecule has 0 spiro atoms. The van der Waals surface area contributed by atoms with E-state index in [-0.39, 0.29) is 0 Å². The second-order valence-electron chi connectivity index (χ2n) is 2.83. The van der Waals surface area contributed by atoms with E-state index in [0.717, 1.165) is 12.0 Å². The molecule has 0 heterocycles. The van der Waals surface area contributed by atoms with Gasteiger partial charge < -0.3 is 10.4 Å². The van der Waals surface area contributed by atoms with E-state index in [2.05, 4.69) is 12.2 Å². The largest absolute Gasteiger partial charge is 0.465 e. The molecule has 13 heavy (non-hydrogen) atoms. The van der Waals surface area contributed by atoms with Crippen LogP contribution in [0.1, 0.15) is 18.1 Å². The van der Waals surface area contributed by atoms with Crippen LogP contribution in [0.3, 0.4) is 0 Å². The predicted molar refractivity (Wildman–Crippen MR) is 50.7 cm³/mol. The van der Waals surface area contributed by atoms with Gasteiger partial charge >= 0.3 is 6.09 Å². The average Bonchev–Trinajstić information content (AvgIpc) is 2.15. The number of nitrogens with one attached hydrogen (secondary N) is 1. The maximum Gasteiger partial charge on any atom is 0.404 e. The predicted octanol–water partition coefficient (Wildman–Crippen LogP) is 2.02. The fourth-order valence-electron chi connectivity index (χ4n) is 1.14. The van der Waals surface area contributed by atoms with Crippen molar-refractivity contribution in [2.75, 3.05) is 0 Å². The molecule has 3 nitrogen and oxygen atoms in total. The van der Waals surface area contributed by atoms with Crippen LogP contribution in [0.4, 0.5) is 4.79 Å². The lowest BCUT2D eigenvalue weighted by atomic mass is 10.1. The van der Waals surface area contributed by atoms with E-state index in [1.807, 2.05) is 24.3 Å². The van der Waals surface area contributed by atoms with Gasteiger partial charge in [-0.05, 0) is 17.5 Å². The molecular weight excluding hydrogens is 166 g/mol. The fraction of sp³-hybridized carbons (Fsp3) is 0.300. The summed E-state index contributed by atoms with van der Waals surface area (Å²) in [7, 11) is 0. The number of benzene rings is 1. The summed E-state index contributed by atoms with van der Waals surface area (Å²) < 4.78 is 0. The van der Waals surface area contributed by atoms with Crippen molar-refractivity contribution < 1.29 is 9.90 Å². The van der Waals surface area contributed by atoms with Crippen molar-refractivity contribution in [3.05, 3.63) is 35.4 Å². The van der Waals surface area contributed by atoms with Gasteiger partial charge in [-0.1, -0.05) is 31.2 Å². The number of amides is 1. The number of rotatable bonds is 3. The van der Waals surface area contributed by atoms with Crippen molar-refractivity contribution >= 4 is 6.09 Å². The molecule has 0 aliphatic rings. The molecule has 0 bridgehead atoms. The van der Waals surface area contributed by atoms with Crippen LogP contribution in [-0.4, -0.2) is 11.2 Å². The Morgan fingerprint density at radius 1 is 1.46 bits per heavy atom. The van der Waals surface area contributed by atoms with Gasteiger partial charge in [0.1, 0.15) is 0 Å². The van der Waals surface area contributed by atoms with Gasteiger partial charge in [0.15, 0.2) is 0 Å². The molecule has 70 valence electrons. The van der Waals surface area contributed by atoms with E-state index in [9.17, 15) is 4.79 Å². The first-order valence-corrected chi connectivity index (χ1v) is 4.27. The van der Waals surface area contributed by atoms with Crippen molar-refractivity contribution in [3.8, 4) is 0 Å². The van der Waals surface area contributed by atoms with Crippen molar-refractivity contribution in [2.45, 2.75) is 19.9 Å². The number of hydrogen-bond donors (Lipinski definition) is 2. The molecule has 0 aliphatic carbocycles. The Bertz CT molecular complexity index is 297. The van der Waals surface area contributed by atoms with Gasteiger partial charge in [0, 0.05) is 6.54 Å². The average molecular weight is 179 g/mol. The third-order valence-electron chi connectivity index (χ3n) is 1.84. The summed E-state index contributed by atoms with van der Waals surface area (Å²) in [4.78, 5) is 10.2. The summed E-state index contributed by atoms with van der Waals surface area (Å²) in [5.41, 5.74) is 2.23. The molecule has 1 aromatic carbocycles. The maximum absolute atomic E-state index is 10.2. The number of carboxylic acid groups (broad SMARTS) is 1. The highest BCUT2D eigenvalue weighted by Gasteiger charge is 1.96. The van der Waals surface area contributed by atoms with Gasteiger partial charge in [-0.25, -0.2) is 4.79 Å². The summed E-state index contributed by atoms with van der Waals surface area (Å²) in [6, 6.07) is 7.90. The molecule has 0 atom stereocenters. The Kier molecular flexibility index (Phi) is 3.31. The molecule has 0 unspecified atom stereocenters. The minimum Gasteiger partial charge on any atom is -0.465 e. The first-order valence-electron chi connectivity index (χ1n) is 4.27. The second kappa shape index (κ2) is 4.50. The highest BCUT2D eigenvalue weighted by atomic mass is 16.4. The van der Waals surface area contributed by atoms with Crippen molar-refractivity contribution in [3.63, 3.8) is 0 Å². The first kappa shape index (κ1) is 9.58. The van der Waals surface area contributed by atoms with E-state index in [1.54, 1.807) is 0 Å². The standard InChI is InChI=1S/C10H13NO2/c1-2-8-4-3-5-9(6-8)7-11-10(12)13/h3-6,11H,2,7H2,1H3,(H,12,13). The van der Waals surface area contributed by atoms with E-state index in [1.165, 1.54) is 5.56 Å². The summed E-state index contributed by atoms with van der Waals surface area (Å²) in [5, 5.41) is 10.7. The summed E-state index contributed by atoms with van der Waals surface area (Å²) >= 11 is 0. The Labute approximate surface area is 77.4 Å². The molecule has 0 saturated carbocycles. The molecule has 1 amide bonds. The van der Waals surface area contributed by atoms with Crippen LogP contribution in [0.2, 0.25) is 0 Å². The second-order valence-corrected chi connectivity index (χ2v) is 2.83. The van der Waals surface area contributed by atoms with Crippen molar-refractivity contribution in [1.29, 1.82) is 0 Å². The SMILES string of the molecule is CCc1cccc(CNC(=O)O)c1. The molecule has 0 fully saturated rings. The molecule has 1 aromatic rings. The summed E-state index contributed by atoms with van der Waals surface area (Å²) in [6.45, 7) is 2.45. The minimum absolute atomic E-state index is 0.378. The van der Waals surface area contributed by atoms with Crippen molar-refractivity contribution in [2.24, 2.45) is 0 Å². The Balaban J connectivity index is 2.61. The third-order valence-corrected chi connectivity index (χ3v) is 1.84. The number of aryl methyl sites for hydroxylation is 1. The maximum atomic E-state index is 10.2. The molecule has 0 aliphatic heterocycles. The normalized spacial score (nSPS) is 9.62. The van der Waals surface area contributed by atoms with Crippen molar-refractivity contribution in [1.82, 2.24) is 5.32 Å². The van der Waals surface area contributed by atoms with Crippen LogP contribution in [0.25, 0.3) is 0 Å². The van der Waals surface area contributed by atoms with Crippen LogP contribution in [0, 0.1) is 0 Å². The van der Waals surface area contributed by atoms with E-state index in [0.29, 0.717) is 6.54 Å². The monoisotopic (exact) mass is 179 g/mol. The number of carbonyl (C=O) groups is 1. The summed E-state index contributed by atoms with van der Waals surface area (Å²) in [6.07, 6.45) is -0.0112. The lowest BCUT2D eigenvalue weighted by molar-refractivity contribution is 0.194. The molecule has 3 heteroatoms. The topological polar surface area (TPSA) is 49.3 Å². The van der Waals surface area contributed by atoms with Gasteiger partial charge in [-0.2, -0.15) is 0 Å².